The summed E-state index contributed by atoms with van der Waals surface area (Å²) in [6.07, 6.45) is 6.11. The summed E-state index contributed by atoms with van der Waals surface area (Å²) in [6, 6.07) is 9.27. The summed E-state index contributed by atoms with van der Waals surface area (Å²) in [5.74, 6) is -1.11. The molecule has 176 valence electrons. The summed E-state index contributed by atoms with van der Waals surface area (Å²) in [4.78, 5) is 39.7. The first-order valence-corrected chi connectivity index (χ1v) is 11.4. The first-order chi connectivity index (χ1) is 15.4. The Hall–Kier alpha value is -2.67. The predicted molar refractivity (Wildman–Crippen MR) is 122 cm³/mol. The molecule has 32 heavy (non-hydrogen) atoms. The number of nitrogens with zero attached hydrogens (tertiary/aromatic N) is 1. The van der Waals surface area contributed by atoms with Crippen LogP contribution in [-0.2, 0) is 25.7 Å². The molecule has 0 saturated heterocycles. The van der Waals surface area contributed by atoms with Crippen LogP contribution < -0.4 is 5.32 Å². The number of carbonyl (C=O) groups is 3. The van der Waals surface area contributed by atoms with Gasteiger partial charge in [-0.05, 0) is 30.7 Å². The first-order valence-electron chi connectivity index (χ1n) is 11.4. The molecule has 0 spiro atoms. The molecule has 7 heteroatoms. The molecular formula is C25H36N2O5. The van der Waals surface area contributed by atoms with Crippen molar-refractivity contribution in [2.75, 3.05) is 19.8 Å². The van der Waals surface area contributed by atoms with Crippen LogP contribution >= 0.6 is 0 Å². The van der Waals surface area contributed by atoms with Crippen molar-refractivity contribution in [3.8, 4) is 0 Å². The second-order valence-corrected chi connectivity index (χ2v) is 8.57. The van der Waals surface area contributed by atoms with Gasteiger partial charge < -0.3 is 20.1 Å². The molecule has 1 aliphatic rings. The molecule has 2 unspecified atom stereocenters. The van der Waals surface area contributed by atoms with Gasteiger partial charge in [-0.15, -0.1) is 0 Å². The van der Waals surface area contributed by atoms with Gasteiger partial charge >= 0.3 is 5.97 Å². The third-order valence-electron chi connectivity index (χ3n) is 5.63. The monoisotopic (exact) mass is 444 g/mol. The van der Waals surface area contributed by atoms with Crippen LogP contribution in [0.4, 0.5) is 0 Å². The van der Waals surface area contributed by atoms with Crippen LogP contribution in [-0.4, -0.2) is 53.6 Å². The summed E-state index contributed by atoms with van der Waals surface area (Å²) in [7, 11) is 0. The van der Waals surface area contributed by atoms with E-state index in [1.165, 1.54) is 0 Å². The first kappa shape index (κ1) is 25.6. The van der Waals surface area contributed by atoms with Crippen molar-refractivity contribution in [2.45, 2.75) is 58.5 Å². The number of hydrogen-bond donors (Lipinski definition) is 2. The fraction of sp³-hybridized carbons (Fsp3) is 0.560. The number of nitrogens with one attached hydrogen (secondary N) is 1. The Morgan fingerprint density at radius 3 is 2.66 bits per heavy atom. The van der Waals surface area contributed by atoms with Crippen molar-refractivity contribution in [3.05, 3.63) is 48.0 Å². The zero-order chi connectivity index (χ0) is 23.3. The zero-order valence-electron chi connectivity index (χ0n) is 19.2. The van der Waals surface area contributed by atoms with Crippen molar-refractivity contribution in [1.82, 2.24) is 10.2 Å². The van der Waals surface area contributed by atoms with Crippen LogP contribution in [0.15, 0.2) is 42.5 Å². The predicted octanol–water partition coefficient (Wildman–Crippen LogP) is 2.83. The lowest BCUT2D eigenvalue weighted by molar-refractivity contribution is -0.145. The molecule has 2 rings (SSSR count). The van der Waals surface area contributed by atoms with E-state index in [0.29, 0.717) is 25.8 Å². The Bertz CT molecular complexity index is 763. The maximum atomic E-state index is 13.1. The average molecular weight is 445 g/mol. The SMILES string of the molecule is CC(C)C1COC(=O)CCCC=CCC(CC(=O)N(CCO)Cc2ccccc2)C(=O)N1. The lowest BCUT2D eigenvalue weighted by atomic mass is 9.96. The number of rotatable bonds is 7. The Balaban J connectivity index is 2.13. The van der Waals surface area contributed by atoms with E-state index in [1.807, 2.05) is 56.3 Å². The van der Waals surface area contributed by atoms with Crippen LogP contribution in [0.2, 0.25) is 0 Å². The third-order valence-corrected chi connectivity index (χ3v) is 5.63. The minimum atomic E-state index is -0.534. The smallest absolute Gasteiger partial charge is 0.305 e. The normalized spacial score (nSPS) is 20.5. The molecular weight excluding hydrogens is 408 g/mol. The number of cyclic esters (lactones) is 1. The number of aliphatic hydroxyl groups excluding tert-OH is 1. The van der Waals surface area contributed by atoms with E-state index in [2.05, 4.69) is 5.32 Å². The maximum absolute atomic E-state index is 13.1. The van der Waals surface area contributed by atoms with Gasteiger partial charge in [-0.3, -0.25) is 14.4 Å². The highest BCUT2D eigenvalue weighted by molar-refractivity contribution is 5.86. The Kier molecular flexibility index (Phi) is 10.9. The number of amides is 2. The van der Waals surface area contributed by atoms with E-state index in [4.69, 9.17) is 4.74 Å². The minimum absolute atomic E-state index is 0.0492. The molecule has 2 N–H and O–H groups in total. The Labute approximate surface area is 190 Å². The standard InChI is InChI=1S/C25H36N2O5/c1-19(2)22-18-32-24(30)13-9-4-3-8-12-21(25(31)26-22)16-23(29)27(14-15-28)17-20-10-6-5-7-11-20/h3,5-8,10-11,19,21-22,28H,4,9,12-18H2,1-2H3,(H,26,31). The van der Waals surface area contributed by atoms with Gasteiger partial charge in [-0.2, -0.15) is 0 Å². The fourth-order valence-electron chi connectivity index (χ4n) is 3.54. The van der Waals surface area contributed by atoms with Crippen LogP contribution in [0.5, 0.6) is 0 Å². The van der Waals surface area contributed by atoms with Gasteiger partial charge in [-0.1, -0.05) is 56.3 Å². The van der Waals surface area contributed by atoms with Gasteiger partial charge in [0, 0.05) is 25.9 Å². The van der Waals surface area contributed by atoms with Crippen molar-refractivity contribution < 1.29 is 24.2 Å². The maximum Gasteiger partial charge on any atom is 0.305 e. The van der Waals surface area contributed by atoms with E-state index >= 15 is 0 Å². The van der Waals surface area contributed by atoms with Crippen LogP contribution in [0.1, 0.15) is 51.5 Å². The van der Waals surface area contributed by atoms with Crippen LogP contribution in [0, 0.1) is 11.8 Å². The van der Waals surface area contributed by atoms with E-state index in [9.17, 15) is 19.5 Å². The number of carbonyl (C=O) groups excluding carboxylic acids is 3. The molecule has 7 nitrogen and oxygen atoms in total. The number of hydrogen-bond acceptors (Lipinski definition) is 5. The third kappa shape index (κ3) is 8.83. The summed E-state index contributed by atoms with van der Waals surface area (Å²) >= 11 is 0. The summed E-state index contributed by atoms with van der Waals surface area (Å²) < 4.78 is 5.35. The van der Waals surface area contributed by atoms with E-state index in [1.54, 1.807) is 4.90 Å². The van der Waals surface area contributed by atoms with E-state index in [-0.39, 0.29) is 55.9 Å². The summed E-state index contributed by atoms with van der Waals surface area (Å²) in [5, 5.41) is 12.4. The topological polar surface area (TPSA) is 95.9 Å². The largest absolute Gasteiger partial charge is 0.463 e. The molecule has 0 aromatic heterocycles. The fourth-order valence-corrected chi connectivity index (χ4v) is 3.54. The number of benzene rings is 1. The van der Waals surface area contributed by atoms with Gasteiger partial charge in [0.15, 0.2) is 0 Å². The van der Waals surface area contributed by atoms with Gasteiger partial charge in [0.2, 0.25) is 11.8 Å². The highest BCUT2D eigenvalue weighted by Gasteiger charge is 2.27. The molecule has 2 amide bonds. The average Bonchev–Trinajstić information content (AvgIpc) is 2.78. The van der Waals surface area contributed by atoms with Crippen LogP contribution in [0.25, 0.3) is 0 Å². The second kappa shape index (κ2) is 13.7. The molecule has 0 saturated carbocycles. The van der Waals surface area contributed by atoms with Gasteiger partial charge in [0.05, 0.1) is 18.6 Å². The molecule has 1 aromatic rings. The molecule has 1 heterocycles. The van der Waals surface area contributed by atoms with E-state index < -0.39 is 5.92 Å². The lowest BCUT2D eigenvalue weighted by Gasteiger charge is -2.27. The Morgan fingerprint density at radius 2 is 1.97 bits per heavy atom. The zero-order valence-corrected chi connectivity index (χ0v) is 19.2. The van der Waals surface area contributed by atoms with Gasteiger partial charge in [0.25, 0.3) is 0 Å². The minimum Gasteiger partial charge on any atom is -0.463 e. The molecule has 0 radical (unpaired) electrons. The molecule has 1 aliphatic heterocycles. The number of aliphatic hydroxyl groups is 1. The van der Waals surface area contributed by atoms with Crippen molar-refractivity contribution in [1.29, 1.82) is 0 Å². The number of ether oxygens (including phenoxy) is 1. The molecule has 0 aliphatic carbocycles. The molecule has 0 fully saturated rings. The van der Waals surface area contributed by atoms with Crippen LogP contribution in [0.3, 0.4) is 0 Å². The van der Waals surface area contributed by atoms with Crippen molar-refractivity contribution in [2.24, 2.45) is 11.8 Å². The van der Waals surface area contributed by atoms with Crippen molar-refractivity contribution in [3.63, 3.8) is 0 Å². The van der Waals surface area contributed by atoms with E-state index in [0.717, 1.165) is 12.0 Å². The highest BCUT2D eigenvalue weighted by atomic mass is 16.5. The van der Waals surface area contributed by atoms with Crippen molar-refractivity contribution >= 4 is 17.8 Å². The van der Waals surface area contributed by atoms with Gasteiger partial charge in [-0.25, -0.2) is 0 Å². The highest BCUT2D eigenvalue weighted by Crippen LogP contribution is 2.17. The molecule has 0 bridgehead atoms. The molecule has 1 aromatic carbocycles. The number of allylic oxidation sites excluding steroid dienone is 2. The summed E-state index contributed by atoms with van der Waals surface area (Å²) in [6.45, 7) is 4.49. The van der Waals surface area contributed by atoms with Gasteiger partial charge in [0.1, 0.15) is 6.61 Å². The summed E-state index contributed by atoms with van der Waals surface area (Å²) in [5.41, 5.74) is 0.968. The number of esters is 1. The second-order valence-electron chi connectivity index (χ2n) is 8.57. The lowest BCUT2D eigenvalue weighted by Crippen LogP contribution is -2.46. The molecule has 2 atom stereocenters. The quantitative estimate of drug-likeness (QED) is 0.498. The Morgan fingerprint density at radius 1 is 1.22 bits per heavy atom.